The van der Waals surface area contributed by atoms with Crippen LogP contribution >= 0.6 is 0 Å². The number of benzene rings is 1. The van der Waals surface area contributed by atoms with Gasteiger partial charge in [0, 0.05) is 12.3 Å². The summed E-state index contributed by atoms with van der Waals surface area (Å²) in [6.07, 6.45) is 0.288. The summed E-state index contributed by atoms with van der Waals surface area (Å²) < 4.78 is 0. The van der Waals surface area contributed by atoms with Gasteiger partial charge in [0.2, 0.25) is 11.8 Å². The fraction of sp³-hybridized carbons (Fsp3) is 0.308. The average Bonchev–Trinajstić information content (AvgIpc) is 2.56. The molecule has 1 fully saturated rings. The molecule has 86 valence electrons. The third kappa shape index (κ3) is 2.18. The number of amides is 2. The van der Waals surface area contributed by atoms with Crippen molar-refractivity contribution < 1.29 is 9.59 Å². The first kappa shape index (κ1) is 11.3. The van der Waals surface area contributed by atoms with E-state index in [2.05, 4.69) is 0 Å². The highest BCUT2D eigenvalue weighted by atomic mass is 16.2. The van der Waals surface area contributed by atoms with Gasteiger partial charge in [0.1, 0.15) is 0 Å². The molecule has 1 atom stereocenters. The first-order valence-electron chi connectivity index (χ1n) is 5.45. The van der Waals surface area contributed by atoms with E-state index in [0.29, 0.717) is 5.56 Å². The lowest BCUT2D eigenvalue weighted by atomic mass is 10.1. The Hall–Kier alpha value is -2.15. The predicted molar refractivity (Wildman–Crippen MR) is 60.5 cm³/mol. The van der Waals surface area contributed by atoms with Gasteiger partial charge in [-0.25, -0.2) is 0 Å². The zero-order valence-corrected chi connectivity index (χ0v) is 9.51. The van der Waals surface area contributed by atoms with E-state index in [1.807, 2.05) is 12.1 Å². The zero-order chi connectivity index (χ0) is 12.4. The Morgan fingerprint density at radius 3 is 2.82 bits per heavy atom. The molecular formula is C13H12N2O2. The molecule has 0 aliphatic carbocycles. The van der Waals surface area contributed by atoms with Gasteiger partial charge < -0.3 is 0 Å². The van der Waals surface area contributed by atoms with Gasteiger partial charge in [0.25, 0.3) is 0 Å². The van der Waals surface area contributed by atoms with Gasteiger partial charge in [-0.05, 0) is 17.7 Å². The van der Waals surface area contributed by atoms with E-state index in [1.165, 1.54) is 4.90 Å². The normalized spacial score (nSPS) is 19.5. The number of carbonyl (C=O) groups is 2. The highest BCUT2D eigenvalue weighted by Gasteiger charge is 2.35. The Kier molecular flexibility index (Phi) is 2.92. The van der Waals surface area contributed by atoms with Crippen LogP contribution in [0.25, 0.3) is 0 Å². The Balaban J connectivity index is 2.19. The van der Waals surface area contributed by atoms with Gasteiger partial charge >= 0.3 is 0 Å². The molecule has 0 saturated carbocycles. The maximum absolute atomic E-state index is 11.7. The molecule has 0 bridgehead atoms. The van der Waals surface area contributed by atoms with Crippen LogP contribution in [0.3, 0.4) is 0 Å². The van der Waals surface area contributed by atoms with E-state index in [1.54, 1.807) is 25.1 Å². The quantitative estimate of drug-likeness (QED) is 0.720. The highest BCUT2D eigenvalue weighted by molar-refractivity contribution is 6.03. The first-order valence-corrected chi connectivity index (χ1v) is 5.45. The molecule has 2 rings (SSSR count). The summed E-state index contributed by atoms with van der Waals surface area (Å²) in [4.78, 5) is 24.6. The van der Waals surface area contributed by atoms with Gasteiger partial charge in [0.15, 0.2) is 0 Å². The average molecular weight is 228 g/mol. The van der Waals surface area contributed by atoms with Crippen molar-refractivity contribution in [2.24, 2.45) is 5.92 Å². The van der Waals surface area contributed by atoms with Crippen molar-refractivity contribution in [2.45, 2.75) is 19.9 Å². The molecule has 17 heavy (non-hydrogen) atoms. The van der Waals surface area contributed by atoms with Crippen LogP contribution < -0.4 is 0 Å². The van der Waals surface area contributed by atoms with Gasteiger partial charge in [-0.3, -0.25) is 14.5 Å². The second kappa shape index (κ2) is 4.38. The van der Waals surface area contributed by atoms with Gasteiger partial charge in [0.05, 0.1) is 18.2 Å². The molecule has 1 aromatic rings. The molecule has 4 heteroatoms. The molecule has 4 nitrogen and oxygen atoms in total. The number of rotatable bonds is 2. The minimum absolute atomic E-state index is 0.127. The molecule has 1 aliphatic rings. The SMILES string of the molecule is CC1CC(=O)N(Cc2cccc(C#N)c2)C1=O. The standard InChI is InChI=1S/C13H12N2O2/c1-9-5-12(16)15(13(9)17)8-11-4-2-3-10(6-11)7-14/h2-4,6,9H,5,8H2,1H3. The number of hydrogen-bond donors (Lipinski definition) is 0. The number of nitrogens with zero attached hydrogens (tertiary/aromatic N) is 2. The van der Waals surface area contributed by atoms with Crippen LogP contribution in [-0.2, 0) is 16.1 Å². The van der Waals surface area contributed by atoms with Crippen molar-refractivity contribution in [3.8, 4) is 6.07 Å². The lowest BCUT2D eigenvalue weighted by Gasteiger charge is -2.14. The lowest BCUT2D eigenvalue weighted by molar-refractivity contribution is -0.139. The van der Waals surface area contributed by atoms with Crippen LogP contribution in [0.1, 0.15) is 24.5 Å². The van der Waals surface area contributed by atoms with Crippen LogP contribution in [0, 0.1) is 17.2 Å². The lowest BCUT2D eigenvalue weighted by Crippen LogP contribution is -2.29. The predicted octanol–water partition coefficient (Wildman–Crippen LogP) is 1.45. The first-order chi connectivity index (χ1) is 8.11. The molecule has 2 amide bonds. The molecule has 0 N–H and O–H groups in total. The monoisotopic (exact) mass is 228 g/mol. The van der Waals surface area contributed by atoms with Crippen LogP contribution in [-0.4, -0.2) is 16.7 Å². The van der Waals surface area contributed by atoms with E-state index < -0.39 is 0 Å². The number of imide groups is 1. The third-order valence-electron chi connectivity index (χ3n) is 2.87. The highest BCUT2D eigenvalue weighted by Crippen LogP contribution is 2.21. The fourth-order valence-corrected chi connectivity index (χ4v) is 1.94. The molecule has 0 spiro atoms. The van der Waals surface area contributed by atoms with Crippen molar-refractivity contribution in [1.29, 1.82) is 5.26 Å². The van der Waals surface area contributed by atoms with E-state index in [0.717, 1.165) is 5.56 Å². The largest absolute Gasteiger partial charge is 0.278 e. The number of carbonyl (C=O) groups excluding carboxylic acids is 2. The second-order valence-electron chi connectivity index (χ2n) is 4.24. The molecule has 1 unspecified atom stereocenters. The number of hydrogen-bond acceptors (Lipinski definition) is 3. The summed E-state index contributed by atoms with van der Waals surface area (Å²) in [5, 5.41) is 8.77. The minimum Gasteiger partial charge on any atom is -0.278 e. The Morgan fingerprint density at radius 1 is 1.47 bits per heavy atom. The van der Waals surface area contributed by atoms with Gasteiger partial charge in [-0.2, -0.15) is 5.26 Å². The van der Waals surface area contributed by atoms with Crippen LogP contribution in [0.15, 0.2) is 24.3 Å². The molecule has 1 aromatic carbocycles. The third-order valence-corrected chi connectivity index (χ3v) is 2.87. The van der Waals surface area contributed by atoms with E-state index in [9.17, 15) is 9.59 Å². The minimum atomic E-state index is -0.221. The van der Waals surface area contributed by atoms with Crippen LogP contribution in [0.2, 0.25) is 0 Å². The van der Waals surface area contributed by atoms with E-state index in [-0.39, 0.29) is 30.7 Å². The molecular weight excluding hydrogens is 216 g/mol. The second-order valence-corrected chi connectivity index (χ2v) is 4.24. The maximum atomic E-state index is 11.7. The fourth-order valence-electron chi connectivity index (χ4n) is 1.94. The molecule has 1 aliphatic heterocycles. The van der Waals surface area contributed by atoms with Gasteiger partial charge in [-0.1, -0.05) is 19.1 Å². The summed E-state index contributed by atoms with van der Waals surface area (Å²) >= 11 is 0. The maximum Gasteiger partial charge on any atom is 0.232 e. The van der Waals surface area contributed by atoms with Crippen LogP contribution in [0.5, 0.6) is 0 Å². The molecule has 0 radical (unpaired) electrons. The summed E-state index contributed by atoms with van der Waals surface area (Å²) in [5.74, 6) is -0.483. The smallest absolute Gasteiger partial charge is 0.232 e. The summed E-state index contributed by atoms with van der Waals surface area (Å²) in [6, 6.07) is 8.99. The van der Waals surface area contributed by atoms with Crippen LogP contribution in [0.4, 0.5) is 0 Å². The van der Waals surface area contributed by atoms with Crippen molar-refractivity contribution in [3.63, 3.8) is 0 Å². The molecule has 1 saturated heterocycles. The Morgan fingerprint density at radius 2 is 2.24 bits per heavy atom. The Labute approximate surface area is 99.5 Å². The zero-order valence-electron chi connectivity index (χ0n) is 9.51. The van der Waals surface area contributed by atoms with Crippen molar-refractivity contribution in [3.05, 3.63) is 35.4 Å². The summed E-state index contributed by atoms with van der Waals surface area (Å²) in [5.41, 5.74) is 1.34. The number of likely N-dealkylation sites (tertiary alicyclic amines) is 1. The van der Waals surface area contributed by atoms with E-state index in [4.69, 9.17) is 5.26 Å². The van der Waals surface area contributed by atoms with E-state index >= 15 is 0 Å². The van der Waals surface area contributed by atoms with Crippen molar-refractivity contribution in [1.82, 2.24) is 4.90 Å². The number of nitriles is 1. The topological polar surface area (TPSA) is 61.2 Å². The van der Waals surface area contributed by atoms with Gasteiger partial charge in [-0.15, -0.1) is 0 Å². The Bertz CT molecular complexity index is 516. The summed E-state index contributed by atoms with van der Waals surface area (Å²) in [7, 11) is 0. The van der Waals surface area contributed by atoms with Crippen molar-refractivity contribution >= 4 is 11.8 Å². The molecule has 0 aromatic heterocycles. The van der Waals surface area contributed by atoms with Crippen molar-refractivity contribution in [2.75, 3.05) is 0 Å². The molecule has 1 heterocycles. The summed E-state index contributed by atoms with van der Waals surface area (Å²) in [6.45, 7) is 2.02.